The highest BCUT2D eigenvalue weighted by molar-refractivity contribution is 6.01. The predicted molar refractivity (Wildman–Crippen MR) is 77.1 cm³/mol. The first-order valence-electron chi connectivity index (χ1n) is 6.43. The topological polar surface area (TPSA) is 38.3 Å². The van der Waals surface area contributed by atoms with Crippen molar-refractivity contribution in [2.75, 3.05) is 5.32 Å². The molecule has 0 radical (unpaired) electrons. The lowest BCUT2D eigenvalue weighted by Crippen LogP contribution is -2.08. The summed E-state index contributed by atoms with van der Waals surface area (Å²) in [4.78, 5) is 11.7. The van der Waals surface area contributed by atoms with Gasteiger partial charge in [-0.3, -0.25) is 4.79 Å². The molecule has 0 atom stereocenters. The molecule has 2 rings (SSSR count). The predicted octanol–water partition coefficient (Wildman–Crippen LogP) is 4.22. The molecule has 0 saturated carbocycles. The van der Waals surface area contributed by atoms with E-state index in [0.29, 0.717) is 5.56 Å². The number of carbonyl (C=O) groups is 1. The molecule has 23 heavy (non-hydrogen) atoms. The summed E-state index contributed by atoms with van der Waals surface area (Å²) in [6, 6.07) is 8.62. The van der Waals surface area contributed by atoms with Crippen LogP contribution >= 0.6 is 0 Å². The SMILES string of the molecule is O=C(/C=C/c1ccc(OC(F)F)cc1)Nc1ccc(F)c(F)c1. The van der Waals surface area contributed by atoms with Crippen LogP contribution < -0.4 is 10.1 Å². The lowest BCUT2D eigenvalue weighted by molar-refractivity contribution is -0.111. The number of amides is 1. The molecule has 0 saturated heterocycles. The van der Waals surface area contributed by atoms with E-state index in [2.05, 4.69) is 10.1 Å². The Morgan fingerprint density at radius 2 is 1.74 bits per heavy atom. The number of rotatable bonds is 5. The second-order valence-corrected chi connectivity index (χ2v) is 4.40. The van der Waals surface area contributed by atoms with Crippen LogP contribution in [0.25, 0.3) is 6.08 Å². The summed E-state index contributed by atoms with van der Waals surface area (Å²) in [6.07, 6.45) is 2.60. The Bertz CT molecular complexity index is 715. The number of benzene rings is 2. The summed E-state index contributed by atoms with van der Waals surface area (Å²) >= 11 is 0. The molecule has 0 unspecified atom stereocenters. The number of hydrogen-bond acceptors (Lipinski definition) is 2. The van der Waals surface area contributed by atoms with E-state index >= 15 is 0 Å². The first-order valence-corrected chi connectivity index (χ1v) is 6.43. The monoisotopic (exact) mass is 325 g/mol. The van der Waals surface area contributed by atoms with Crippen molar-refractivity contribution in [2.45, 2.75) is 6.61 Å². The van der Waals surface area contributed by atoms with Gasteiger partial charge in [0.05, 0.1) is 0 Å². The van der Waals surface area contributed by atoms with E-state index in [0.717, 1.165) is 12.1 Å². The molecule has 0 fully saturated rings. The van der Waals surface area contributed by atoms with Gasteiger partial charge < -0.3 is 10.1 Å². The smallest absolute Gasteiger partial charge is 0.387 e. The highest BCUT2D eigenvalue weighted by atomic mass is 19.3. The molecule has 0 aliphatic rings. The van der Waals surface area contributed by atoms with E-state index in [1.54, 1.807) is 0 Å². The average molecular weight is 325 g/mol. The van der Waals surface area contributed by atoms with Crippen LogP contribution in [0.1, 0.15) is 5.56 Å². The first-order chi connectivity index (χ1) is 10.9. The lowest BCUT2D eigenvalue weighted by atomic mass is 10.2. The van der Waals surface area contributed by atoms with Crippen LogP contribution in [0, 0.1) is 11.6 Å². The largest absolute Gasteiger partial charge is 0.435 e. The summed E-state index contributed by atoms with van der Waals surface area (Å²) in [6.45, 7) is -2.90. The fraction of sp³-hybridized carbons (Fsp3) is 0.0625. The molecule has 1 amide bonds. The Kier molecular flexibility index (Phi) is 5.35. The summed E-state index contributed by atoms with van der Waals surface area (Å²) in [5, 5.41) is 2.36. The van der Waals surface area contributed by atoms with Gasteiger partial charge in [0.2, 0.25) is 5.91 Å². The Labute approximate surface area is 129 Å². The average Bonchev–Trinajstić information content (AvgIpc) is 2.50. The minimum Gasteiger partial charge on any atom is -0.435 e. The number of ether oxygens (including phenoxy) is 1. The van der Waals surface area contributed by atoms with Crippen LogP contribution in [0.2, 0.25) is 0 Å². The number of anilines is 1. The van der Waals surface area contributed by atoms with Gasteiger partial charge >= 0.3 is 6.61 Å². The summed E-state index contributed by atoms with van der Waals surface area (Å²) in [5.74, 6) is -2.63. The molecular formula is C16H11F4NO2. The van der Waals surface area contributed by atoms with Gasteiger partial charge in [0.15, 0.2) is 11.6 Å². The van der Waals surface area contributed by atoms with E-state index in [1.807, 2.05) is 0 Å². The van der Waals surface area contributed by atoms with E-state index in [-0.39, 0.29) is 11.4 Å². The third kappa shape index (κ3) is 5.14. The maximum Gasteiger partial charge on any atom is 0.387 e. The van der Waals surface area contributed by atoms with Crippen molar-refractivity contribution >= 4 is 17.7 Å². The zero-order valence-electron chi connectivity index (χ0n) is 11.6. The molecule has 0 bridgehead atoms. The Balaban J connectivity index is 1.96. The van der Waals surface area contributed by atoms with Gasteiger partial charge in [-0.2, -0.15) is 8.78 Å². The van der Waals surface area contributed by atoms with Gasteiger partial charge in [0.1, 0.15) is 5.75 Å². The zero-order valence-corrected chi connectivity index (χ0v) is 11.6. The minimum atomic E-state index is -2.90. The van der Waals surface area contributed by atoms with E-state index in [4.69, 9.17) is 0 Å². The second kappa shape index (κ2) is 7.44. The quantitative estimate of drug-likeness (QED) is 0.660. The third-order valence-electron chi connectivity index (χ3n) is 2.72. The molecule has 2 aromatic rings. The Hall–Kier alpha value is -2.83. The van der Waals surface area contributed by atoms with Gasteiger partial charge in [-0.05, 0) is 35.9 Å². The van der Waals surface area contributed by atoms with Gasteiger partial charge in [-0.25, -0.2) is 8.78 Å². The van der Waals surface area contributed by atoms with E-state index < -0.39 is 24.2 Å². The van der Waals surface area contributed by atoms with Crippen LogP contribution in [0.3, 0.4) is 0 Å². The van der Waals surface area contributed by atoms with Crippen molar-refractivity contribution in [1.29, 1.82) is 0 Å². The maximum atomic E-state index is 13.0. The molecule has 0 heterocycles. The summed E-state index contributed by atoms with van der Waals surface area (Å²) in [7, 11) is 0. The Morgan fingerprint density at radius 1 is 1.04 bits per heavy atom. The standard InChI is InChI=1S/C16H11F4NO2/c17-13-7-4-11(9-14(13)18)21-15(22)8-3-10-1-5-12(6-2-10)23-16(19)20/h1-9,16H,(H,21,22)/b8-3+. The number of carbonyl (C=O) groups excluding carboxylic acids is 1. The summed E-state index contributed by atoms with van der Waals surface area (Å²) in [5.41, 5.74) is 0.686. The summed E-state index contributed by atoms with van der Waals surface area (Å²) < 4.78 is 53.9. The zero-order chi connectivity index (χ0) is 16.8. The van der Waals surface area contributed by atoms with E-state index in [9.17, 15) is 22.4 Å². The normalized spacial score (nSPS) is 11.0. The molecule has 0 spiro atoms. The van der Waals surface area contributed by atoms with Gasteiger partial charge in [0, 0.05) is 17.8 Å². The molecule has 0 aliphatic carbocycles. The van der Waals surface area contributed by atoms with Crippen molar-refractivity contribution in [3.05, 3.63) is 65.7 Å². The molecule has 3 nitrogen and oxygen atoms in total. The molecule has 1 N–H and O–H groups in total. The highest BCUT2D eigenvalue weighted by Crippen LogP contribution is 2.16. The molecule has 120 valence electrons. The fourth-order valence-electron chi connectivity index (χ4n) is 1.69. The number of halogens is 4. The fourth-order valence-corrected chi connectivity index (χ4v) is 1.69. The molecule has 7 heteroatoms. The molecule has 0 aromatic heterocycles. The van der Waals surface area contributed by atoms with Crippen molar-refractivity contribution in [3.8, 4) is 5.75 Å². The highest BCUT2D eigenvalue weighted by Gasteiger charge is 2.05. The number of hydrogen-bond donors (Lipinski definition) is 1. The second-order valence-electron chi connectivity index (χ2n) is 4.40. The third-order valence-corrected chi connectivity index (χ3v) is 2.72. The first kappa shape index (κ1) is 16.5. The van der Waals surface area contributed by atoms with Crippen LogP contribution in [0.5, 0.6) is 5.75 Å². The molecule has 2 aromatic carbocycles. The van der Waals surface area contributed by atoms with Gasteiger partial charge in [0.25, 0.3) is 0 Å². The molecule has 0 aliphatic heterocycles. The van der Waals surface area contributed by atoms with Crippen LogP contribution in [0.4, 0.5) is 23.2 Å². The molecular weight excluding hydrogens is 314 g/mol. The van der Waals surface area contributed by atoms with Crippen molar-refractivity contribution in [1.82, 2.24) is 0 Å². The van der Waals surface area contributed by atoms with Crippen LogP contribution in [0.15, 0.2) is 48.5 Å². The van der Waals surface area contributed by atoms with Crippen LogP contribution in [-0.2, 0) is 4.79 Å². The van der Waals surface area contributed by atoms with E-state index in [1.165, 1.54) is 42.5 Å². The van der Waals surface area contributed by atoms with Crippen molar-refractivity contribution < 1.29 is 27.1 Å². The maximum absolute atomic E-state index is 13.0. The number of nitrogens with one attached hydrogen (secondary N) is 1. The minimum absolute atomic E-state index is 0.00314. The van der Waals surface area contributed by atoms with Crippen molar-refractivity contribution in [3.63, 3.8) is 0 Å². The van der Waals surface area contributed by atoms with Crippen LogP contribution in [-0.4, -0.2) is 12.5 Å². The lowest BCUT2D eigenvalue weighted by Gasteiger charge is -2.04. The van der Waals surface area contributed by atoms with Gasteiger partial charge in [-0.1, -0.05) is 12.1 Å². The Morgan fingerprint density at radius 3 is 2.35 bits per heavy atom. The van der Waals surface area contributed by atoms with Crippen molar-refractivity contribution in [2.24, 2.45) is 0 Å². The van der Waals surface area contributed by atoms with Gasteiger partial charge in [-0.15, -0.1) is 0 Å². The number of alkyl halides is 2.